The molecule has 1 aromatic rings. The van der Waals surface area contributed by atoms with Gasteiger partial charge >= 0.3 is 0 Å². The van der Waals surface area contributed by atoms with Gasteiger partial charge in [-0.1, -0.05) is 6.07 Å². The third-order valence-corrected chi connectivity index (χ3v) is 6.88. The number of carbonyl (C=O) groups is 1. The molecule has 2 saturated heterocycles. The largest absolute Gasteiger partial charge is 0.376 e. The number of hydrogen-bond acceptors (Lipinski definition) is 5. The molecule has 0 N–H and O–H groups in total. The van der Waals surface area contributed by atoms with Gasteiger partial charge in [0, 0.05) is 30.1 Å². The van der Waals surface area contributed by atoms with Crippen molar-refractivity contribution < 1.29 is 17.9 Å². The molecule has 3 rings (SSSR count). The van der Waals surface area contributed by atoms with Crippen molar-refractivity contribution in [3.8, 4) is 0 Å². The van der Waals surface area contributed by atoms with Crippen LogP contribution in [0.25, 0.3) is 6.08 Å². The Morgan fingerprint density at radius 3 is 2.91 bits per heavy atom. The second-order valence-corrected chi connectivity index (χ2v) is 9.24. The summed E-state index contributed by atoms with van der Waals surface area (Å²) < 4.78 is 29.2. The number of nitrogens with zero attached hydrogens (tertiary/aromatic N) is 1. The van der Waals surface area contributed by atoms with Crippen molar-refractivity contribution in [1.82, 2.24) is 4.90 Å². The van der Waals surface area contributed by atoms with Crippen molar-refractivity contribution in [2.24, 2.45) is 0 Å². The van der Waals surface area contributed by atoms with E-state index in [1.807, 2.05) is 17.5 Å². The molecule has 0 bridgehead atoms. The van der Waals surface area contributed by atoms with Gasteiger partial charge in [-0.25, -0.2) is 8.42 Å². The average Bonchev–Trinajstić information content (AvgIpc) is 3.24. The molecule has 2 aliphatic heterocycles. The lowest BCUT2D eigenvalue weighted by Crippen LogP contribution is -2.44. The van der Waals surface area contributed by atoms with E-state index in [1.165, 1.54) is 0 Å². The van der Waals surface area contributed by atoms with Gasteiger partial charge in [0.05, 0.1) is 17.6 Å². The number of ether oxygens (including phenoxy) is 1. The van der Waals surface area contributed by atoms with E-state index in [0.29, 0.717) is 13.0 Å². The van der Waals surface area contributed by atoms with Crippen LogP contribution in [0.2, 0.25) is 0 Å². The number of sulfone groups is 1. The quantitative estimate of drug-likeness (QED) is 0.758. The summed E-state index contributed by atoms with van der Waals surface area (Å²) in [7, 11) is -3.02. The zero-order chi connectivity index (χ0) is 16.3. The Morgan fingerprint density at radius 2 is 2.30 bits per heavy atom. The van der Waals surface area contributed by atoms with E-state index in [9.17, 15) is 13.2 Å². The fraction of sp³-hybridized carbons (Fsp3) is 0.562. The van der Waals surface area contributed by atoms with Gasteiger partial charge in [-0.05, 0) is 36.8 Å². The van der Waals surface area contributed by atoms with Crippen LogP contribution in [0.1, 0.15) is 24.1 Å². The molecule has 1 aromatic heterocycles. The molecule has 0 saturated carbocycles. The topological polar surface area (TPSA) is 63.7 Å². The first-order valence-corrected chi connectivity index (χ1v) is 10.6. The van der Waals surface area contributed by atoms with Crippen LogP contribution in [-0.4, -0.2) is 56.0 Å². The smallest absolute Gasteiger partial charge is 0.246 e. The number of carbonyl (C=O) groups excluding carboxylic acids is 1. The van der Waals surface area contributed by atoms with Gasteiger partial charge in [-0.2, -0.15) is 0 Å². The maximum absolute atomic E-state index is 12.6. The predicted molar refractivity (Wildman–Crippen MR) is 91.1 cm³/mol. The highest BCUT2D eigenvalue weighted by atomic mass is 32.2. The Balaban J connectivity index is 1.72. The van der Waals surface area contributed by atoms with Crippen molar-refractivity contribution >= 4 is 33.2 Å². The van der Waals surface area contributed by atoms with E-state index in [4.69, 9.17) is 4.74 Å². The van der Waals surface area contributed by atoms with Crippen molar-refractivity contribution in [1.29, 1.82) is 0 Å². The van der Waals surface area contributed by atoms with Crippen molar-refractivity contribution in [2.75, 3.05) is 24.7 Å². The summed E-state index contributed by atoms with van der Waals surface area (Å²) in [5.74, 6) is 0.107. The molecule has 3 heterocycles. The van der Waals surface area contributed by atoms with Gasteiger partial charge in [0.2, 0.25) is 5.91 Å². The molecule has 126 valence electrons. The number of rotatable bonds is 5. The highest BCUT2D eigenvalue weighted by molar-refractivity contribution is 7.91. The first-order valence-electron chi connectivity index (χ1n) is 7.88. The van der Waals surface area contributed by atoms with E-state index in [0.717, 1.165) is 24.3 Å². The summed E-state index contributed by atoms with van der Waals surface area (Å²) in [4.78, 5) is 15.3. The van der Waals surface area contributed by atoms with Crippen LogP contribution < -0.4 is 0 Å². The maximum atomic E-state index is 12.6. The zero-order valence-corrected chi connectivity index (χ0v) is 14.5. The van der Waals surface area contributed by atoms with E-state index in [-0.39, 0.29) is 29.6 Å². The minimum Gasteiger partial charge on any atom is -0.376 e. The van der Waals surface area contributed by atoms with Crippen molar-refractivity contribution in [2.45, 2.75) is 31.4 Å². The average molecular weight is 355 g/mol. The van der Waals surface area contributed by atoms with E-state index < -0.39 is 9.84 Å². The van der Waals surface area contributed by atoms with Crippen LogP contribution in [0.4, 0.5) is 0 Å². The van der Waals surface area contributed by atoms with Crippen LogP contribution in [0.3, 0.4) is 0 Å². The number of amides is 1. The second-order valence-electron chi connectivity index (χ2n) is 6.03. The summed E-state index contributed by atoms with van der Waals surface area (Å²) in [5.41, 5.74) is 0. The van der Waals surface area contributed by atoms with Crippen LogP contribution >= 0.6 is 11.3 Å². The summed E-state index contributed by atoms with van der Waals surface area (Å²) >= 11 is 1.56. The maximum Gasteiger partial charge on any atom is 0.246 e. The summed E-state index contributed by atoms with van der Waals surface area (Å²) in [5, 5.41) is 1.96. The molecule has 0 aromatic carbocycles. The molecular formula is C16H21NO4S2. The van der Waals surface area contributed by atoms with Crippen LogP contribution in [0, 0.1) is 0 Å². The standard InChI is InChI=1S/C16H21NO4S2/c18-16(6-5-15-4-2-9-22-15)17(11-14-3-1-8-21-14)13-7-10-23(19,20)12-13/h2,4-6,9,13-14H,1,3,7-8,10-12H2/b6-5+. The molecule has 0 aliphatic carbocycles. The van der Waals surface area contributed by atoms with Gasteiger partial charge in [0.15, 0.2) is 9.84 Å². The van der Waals surface area contributed by atoms with E-state index >= 15 is 0 Å². The van der Waals surface area contributed by atoms with E-state index in [2.05, 4.69) is 0 Å². The normalized spacial score (nSPS) is 26.8. The second kappa shape index (κ2) is 7.15. The first kappa shape index (κ1) is 16.7. The van der Waals surface area contributed by atoms with Crippen molar-refractivity contribution in [3.05, 3.63) is 28.5 Å². The molecule has 2 unspecified atom stereocenters. The minimum atomic E-state index is -3.02. The third-order valence-electron chi connectivity index (χ3n) is 4.29. The fourth-order valence-corrected chi connectivity index (χ4v) is 5.43. The number of hydrogen-bond donors (Lipinski definition) is 0. The third kappa shape index (κ3) is 4.43. The lowest BCUT2D eigenvalue weighted by molar-refractivity contribution is -0.129. The Hall–Kier alpha value is -1.18. The van der Waals surface area contributed by atoms with Gasteiger partial charge < -0.3 is 9.64 Å². The highest BCUT2D eigenvalue weighted by Crippen LogP contribution is 2.22. The Kier molecular flexibility index (Phi) is 5.18. The molecule has 7 heteroatoms. The SMILES string of the molecule is O=C(/C=C/c1cccs1)N(CC1CCCO1)C1CCS(=O)(=O)C1. The monoisotopic (exact) mass is 355 g/mol. The minimum absolute atomic E-state index is 0.0254. The molecule has 0 spiro atoms. The van der Waals surface area contributed by atoms with Crippen LogP contribution in [0.5, 0.6) is 0 Å². The summed E-state index contributed by atoms with van der Waals surface area (Å²) in [6, 6.07) is 3.64. The lowest BCUT2D eigenvalue weighted by Gasteiger charge is -2.29. The molecule has 23 heavy (non-hydrogen) atoms. The van der Waals surface area contributed by atoms with Gasteiger partial charge in [0.25, 0.3) is 0 Å². The van der Waals surface area contributed by atoms with Gasteiger partial charge in [0.1, 0.15) is 0 Å². The number of thiophene rings is 1. The van der Waals surface area contributed by atoms with E-state index in [1.54, 1.807) is 28.4 Å². The fourth-order valence-electron chi connectivity index (χ4n) is 3.08. The Labute approximate surface area is 140 Å². The first-order chi connectivity index (χ1) is 11.0. The summed E-state index contributed by atoms with van der Waals surface area (Å²) in [6.45, 7) is 1.20. The lowest BCUT2D eigenvalue weighted by atomic mass is 10.1. The summed E-state index contributed by atoms with van der Waals surface area (Å²) in [6.07, 6.45) is 5.81. The predicted octanol–water partition coefficient (Wildman–Crippen LogP) is 1.96. The van der Waals surface area contributed by atoms with Gasteiger partial charge in [-0.3, -0.25) is 4.79 Å². The van der Waals surface area contributed by atoms with Gasteiger partial charge in [-0.15, -0.1) is 11.3 Å². The molecule has 1 amide bonds. The van der Waals surface area contributed by atoms with Crippen LogP contribution in [0.15, 0.2) is 23.6 Å². The Bertz CT molecular complexity index is 660. The molecule has 2 fully saturated rings. The van der Waals surface area contributed by atoms with Crippen LogP contribution in [-0.2, 0) is 19.4 Å². The molecule has 2 atom stereocenters. The van der Waals surface area contributed by atoms with Crippen molar-refractivity contribution in [3.63, 3.8) is 0 Å². The molecule has 0 radical (unpaired) electrons. The highest BCUT2D eigenvalue weighted by Gasteiger charge is 2.35. The zero-order valence-electron chi connectivity index (χ0n) is 12.9. The molecular weight excluding hydrogens is 334 g/mol. The molecule has 5 nitrogen and oxygen atoms in total. The molecule has 2 aliphatic rings. The Morgan fingerprint density at radius 1 is 1.43 bits per heavy atom.